The second-order valence-corrected chi connectivity index (χ2v) is 5.08. The Bertz CT molecular complexity index is 356. The maximum absolute atomic E-state index is 9.04. The molecule has 2 N–H and O–H groups in total. The van der Waals surface area contributed by atoms with Crippen molar-refractivity contribution in [2.75, 3.05) is 13.2 Å². The predicted molar refractivity (Wildman–Crippen MR) is 69.1 cm³/mol. The minimum atomic E-state index is 0.0334. The summed E-state index contributed by atoms with van der Waals surface area (Å²) in [5.74, 6) is 0.0334. The number of aryl methyl sites for hydroxylation is 3. The van der Waals surface area contributed by atoms with E-state index in [9.17, 15) is 0 Å². The van der Waals surface area contributed by atoms with Crippen LogP contribution in [-0.4, -0.2) is 23.4 Å². The van der Waals surface area contributed by atoms with Crippen molar-refractivity contribution in [1.29, 1.82) is 0 Å². The van der Waals surface area contributed by atoms with Crippen LogP contribution < -0.4 is 0 Å². The number of aliphatic hydroxyl groups excluding tert-OH is 2. The molecule has 1 aromatic carbocycles. The summed E-state index contributed by atoms with van der Waals surface area (Å²) in [6.07, 6.45) is 6.90. The van der Waals surface area contributed by atoms with Gasteiger partial charge in [0.05, 0.1) is 0 Å². The van der Waals surface area contributed by atoms with Crippen LogP contribution in [0.25, 0.3) is 0 Å². The molecule has 0 aliphatic heterocycles. The maximum atomic E-state index is 9.04. The second kappa shape index (κ2) is 6.18. The molecule has 0 radical (unpaired) electrons. The zero-order valence-electron chi connectivity index (χ0n) is 10.4. The largest absolute Gasteiger partial charge is 0.396 e. The van der Waals surface area contributed by atoms with Gasteiger partial charge in [0.15, 0.2) is 0 Å². The molecule has 2 heteroatoms. The Hall–Kier alpha value is -0.860. The molecule has 0 aromatic heterocycles. The Kier molecular flexibility index (Phi) is 4.57. The number of hydrogen-bond acceptors (Lipinski definition) is 2. The summed E-state index contributed by atoms with van der Waals surface area (Å²) in [5.41, 5.74) is 4.37. The lowest BCUT2D eigenvalue weighted by atomic mass is 9.89. The number of hydrogen-bond donors (Lipinski definition) is 2. The van der Waals surface area contributed by atoms with Gasteiger partial charge in [-0.1, -0.05) is 18.2 Å². The van der Waals surface area contributed by atoms with E-state index >= 15 is 0 Å². The zero-order valence-corrected chi connectivity index (χ0v) is 10.4. The van der Waals surface area contributed by atoms with Gasteiger partial charge in [0.2, 0.25) is 0 Å². The van der Waals surface area contributed by atoms with Gasteiger partial charge in [-0.05, 0) is 55.2 Å². The van der Waals surface area contributed by atoms with E-state index in [-0.39, 0.29) is 19.1 Å². The van der Waals surface area contributed by atoms with Crippen LogP contribution in [0.15, 0.2) is 18.2 Å². The van der Waals surface area contributed by atoms with Crippen molar-refractivity contribution in [2.45, 2.75) is 38.5 Å². The Morgan fingerprint density at radius 3 is 2.41 bits per heavy atom. The molecule has 0 bridgehead atoms. The van der Waals surface area contributed by atoms with Crippen LogP contribution in [0.5, 0.6) is 0 Å². The summed E-state index contributed by atoms with van der Waals surface area (Å²) in [7, 11) is 0. The first-order chi connectivity index (χ1) is 8.33. The minimum Gasteiger partial charge on any atom is -0.396 e. The number of fused-ring (bicyclic) bond motifs is 1. The Morgan fingerprint density at radius 1 is 1.00 bits per heavy atom. The smallest absolute Gasteiger partial charge is 0.0481 e. The van der Waals surface area contributed by atoms with Crippen LogP contribution in [-0.2, 0) is 19.3 Å². The van der Waals surface area contributed by atoms with Crippen molar-refractivity contribution < 1.29 is 10.2 Å². The SMILES string of the molecule is OCC(CO)CCc1ccc2c(c1)CCCC2. The monoisotopic (exact) mass is 234 g/mol. The van der Waals surface area contributed by atoms with Gasteiger partial charge in [-0.15, -0.1) is 0 Å². The molecule has 1 aliphatic rings. The average Bonchev–Trinajstić information content (AvgIpc) is 2.40. The lowest BCUT2D eigenvalue weighted by Gasteiger charge is -2.17. The fraction of sp³-hybridized carbons (Fsp3) is 0.600. The Morgan fingerprint density at radius 2 is 1.71 bits per heavy atom. The summed E-state index contributed by atoms with van der Waals surface area (Å²) < 4.78 is 0. The molecule has 0 spiro atoms. The molecule has 2 nitrogen and oxygen atoms in total. The summed E-state index contributed by atoms with van der Waals surface area (Å²) in [6.45, 7) is 0.170. The first-order valence-electron chi connectivity index (χ1n) is 6.66. The Labute approximate surface area is 103 Å². The Balaban J connectivity index is 1.97. The van der Waals surface area contributed by atoms with Crippen molar-refractivity contribution in [1.82, 2.24) is 0 Å². The van der Waals surface area contributed by atoms with Crippen LogP contribution in [0.4, 0.5) is 0 Å². The molecular weight excluding hydrogens is 212 g/mol. The van der Waals surface area contributed by atoms with E-state index in [0.717, 1.165) is 12.8 Å². The van der Waals surface area contributed by atoms with E-state index in [4.69, 9.17) is 10.2 Å². The minimum absolute atomic E-state index is 0.0334. The zero-order chi connectivity index (χ0) is 12.1. The lowest BCUT2D eigenvalue weighted by molar-refractivity contribution is 0.144. The average molecular weight is 234 g/mol. The highest BCUT2D eigenvalue weighted by atomic mass is 16.3. The third-order valence-electron chi connectivity index (χ3n) is 3.77. The molecular formula is C15H22O2. The van der Waals surface area contributed by atoms with Gasteiger partial charge in [-0.3, -0.25) is 0 Å². The second-order valence-electron chi connectivity index (χ2n) is 5.08. The molecule has 1 aromatic rings. The lowest BCUT2D eigenvalue weighted by Crippen LogP contribution is -2.12. The molecule has 1 aliphatic carbocycles. The molecule has 94 valence electrons. The van der Waals surface area contributed by atoms with E-state index in [0.29, 0.717) is 0 Å². The van der Waals surface area contributed by atoms with E-state index in [1.54, 1.807) is 0 Å². The molecule has 0 fully saturated rings. The highest BCUT2D eigenvalue weighted by molar-refractivity contribution is 5.33. The summed E-state index contributed by atoms with van der Waals surface area (Å²) in [5, 5.41) is 18.1. The van der Waals surface area contributed by atoms with Crippen LogP contribution in [0.1, 0.15) is 36.0 Å². The number of benzene rings is 1. The predicted octanol–water partition coefficient (Wildman–Crippen LogP) is 2.10. The summed E-state index contributed by atoms with van der Waals surface area (Å²) >= 11 is 0. The number of rotatable bonds is 5. The van der Waals surface area contributed by atoms with Crippen molar-refractivity contribution in [2.24, 2.45) is 5.92 Å². The molecule has 2 rings (SSSR count). The van der Waals surface area contributed by atoms with Gasteiger partial charge in [-0.25, -0.2) is 0 Å². The van der Waals surface area contributed by atoms with Gasteiger partial charge in [0.25, 0.3) is 0 Å². The van der Waals surface area contributed by atoms with Crippen LogP contribution in [0, 0.1) is 5.92 Å². The topological polar surface area (TPSA) is 40.5 Å². The van der Waals surface area contributed by atoms with E-state index in [2.05, 4.69) is 18.2 Å². The van der Waals surface area contributed by atoms with Gasteiger partial charge in [0, 0.05) is 19.1 Å². The summed E-state index contributed by atoms with van der Waals surface area (Å²) in [6, 6.07) is 6.78. The molecule has 0 unspecified atom stereocenters. The van der Waals surface area contributed by atoms with Gasteiger partial charge < -0.3 is 10.2 Å². The number of aliphatic hydroxyl groups is 2. The molecule has 0 saturated carbocycles. The van der Waals surface area contributed by atoms with E-state index in [1.807, 2.05) is 0 Å². The first kappa shape index (κ1) is 12.6. The van der Waals surface area contributed by atoms with E-state index < -0.39 is 0 Å². The molecule has 0 heterocycles. The van der Waals surface area contributed by atoms with Crippen molar-refractivity contribution in [3.8, 4) is 0 Å². The maximum Gasteiger partial charge on any atom is 0.0481 e. The van der Waals surface area contributed by atoms with Crippen LogP contribution in [0.3, 0.4) is 0 Å². The highest BCUT2D eigenvalue weighted by Crippen LogP contribution is 2.23. The fourth-order valence-electron chi connectivity index (χ4n) is 2.55. The molecule has 0 amide bonds. The van der Waals surface area contributed by atoms with E-state index in [1.165, 1.54) is 42.4 Å². The quantitative estimate of drug-likeness (QED) is 0.819. The molecule has 17 heavy (non-hydrogen) atoms. The van der Waals surface area contributed by atoms with Crippen molar-refractivity contribution in [3.05, 3.63) is 34.9 Å². The van der Waals surface area contributed by atoms with Crippen molar-refractivity contribution >= 4 is 0 Å². The first-order valence-corrected chi connectivity index (χ1v) is 6.66. The van der Waals surface area contributed by atoms with Gasteiger partial charge in [0.1, 0.15) is 0 Å². The molecule has 0 saturated heterocycles. The standard InChI is InChI=1S/C15H22O2/c16-10-13(11-17)6-5-12-7-8-14-3-1-2-4-15(14)9-12/h7-9,13,16-17H,1-6,10-11H2. The molecule has 0 atom stereocenters. The van der Waals surface area contributed by atoms with Gasteiger partial charge >= 0.3 is 0 Å². The third kappa shape index (κ3) is 3.30. The third-order valence-corrected chi connectivity index (χ3v) is 3.77. The fourth-order valence-corrected chi connectivity index (χ4v) is 2.55. The highest BCUT2D eigenvalue weighted by Gasteiger charge is 2.10. The van der Waals surface area contributed by atoms with Crippen molar-refractivity contribution in [3.63, 3.8) is 0 Å². The van der Waals surface area contributed by atoms with Gasteiger partial charge in [-0.2, -0.15) is 0 Å². The normalized spacial score (nSPS) is 15.0. The summed E-state index contributed by atoms with van der Waals surface area (Å²) in [4.78, 5) is 0. The van der Waals surface area contributed by atoms with Crippen LogP contribution in [0.2, 0.25) is 0 Å². The van der Waals surface area contributed by atoms with Crippen LogP contribution >= 0.6 is 0 Å².